The zero-order chi connectivity index (χ0) is 25.8. The minimum Gasteiger partial charge on any atom is -0.493 e. The number of benzene rings is 2. The smallest absolute Gasteiger partial charge is 0.493 e. The van der Waals surface area contributed by atoms with E-state index in [1.54, 1.807) is 30.3 Å². The normalized spacial score (nSPS) is 18.9. The van der Waals surface area contributed by atoms with E-state index in [4.69, 9.17) is 15.2 Å². The molecule has 1 aliphatic rings. The molecule has 0 fully saturated rings. The average molecular weight is 493 g/mol. The van der Waals surface area contributed by atoms with E-state index in [0.29, 0.717) is 35.2 Å². The first-order valence-electron chi connectivity index (χ1n) is 10.8. The van der Waals surface area contributed by atoms with Gasteiger partial charge in [-0.15, -0.1) is 13.2 Å². The van der Waals surface area contributed by atoms with Gasteiger partial charge in [0.1, 0.15) is 18.5 Å². The first-order valence-corrected chi connectivity index (χ1v) is 10.8. The fourth-order valence-electron chi connectivity index (χ4n) is 3.96. The van der Waals surface area contributed by atoms with Crippen molar-refractivity contribution in [1.29, 1.82) is 0 Å². The second-order valence-corrected chi connectivity index (χ2v) is 7.88. The van der Waals surface area contributed by atoms with E-state index in [-0.39, 0.29) is 11.7 Å². The highest BCUT2D eigenvalue weighted by atomic mass is 19.4. The van der Waals surface area contributed by atoms with E-state index in [9.17, 15) is 22.8 Å². The number of hydrazone groups is 1. The van der Waals surface area contributed by atoms with Crippen molar-refractivity contribution in [2.24, 2.45) is 16.8 Å². The summed E-state index contributed by atoms with van der Waals surface area (Å²) in [4.78, 5) is 23.6. The summed E-state index contributed by atoms with van der Waals surface area (Å²) in [5.74, 6) is -1.29. The lowest BCUT2D eigenvalue weighted by Crippen LogP contribution is -2.46. The van der Waals surface area contributed by atoms with Crippen molar-refractivity contribution < 1.29 is 37.0 Å². The van der Waals surface area contributed by atoms with Gasteiger partial charge in [0, 0.05) is 11.5 Å². The Bertz CT molecular complexity index is 1090. The van der Waals surface area contributed by atoms with E-state index in [1.807, 2.05) is 6.92 Å². The predicted molar refractivity (Wildman–Crippen MR) is 121 cm³/mol. The van der Waals surface area contributed by atoms with Crippen molar-refractivity contribution in [1.82, 2.24) is 5.01 Å². The Morgan fingerprint density at radius 2 is 1.89 bits per heavy atom. The molecular weight excluding hydrogens is 467 g/mol. The van der Waals surface area contributed by atoms with Crippen LogP contribution in [0.25, 0.3) is 0 Å². The van der Waals surface area contributed by atoms with Gasteiger partial charge in [-0.2, -0.15) is 5.10 Å². The molecule has 0 saturated heterocycles. The summed E-state index contributed by atoms with van der Waals surface area (Å²) in [6, 6.07) is 9.86. The van der Waals surface area contributed by atoms with Crippen LogP contribution in [0.15, 0.2) is 47.6 Å². The molecule has 1 aliphatic heterocycles. The topological polar surface area (TPSA) is 103 Å². The molecule has 35 heavy (non-hydrogen) atoms. The zero-order valence-electron chi connectivity index (χ0n) is 19.4. The number of hydrogen-bond acceptors (Lipinski definition) is 8. The highest BCUT2D eigenvalue weighted by Gasteiger charge is 2.36. The number of carbonyl (C=O) groups excluding carboxylic acids is 2. The minimum atomic E-state index is -4.90. The van der Waals surface area contributed by atoms with Crippen LogP contribution in [0.1, 0.15) is 47.4 Å². The van der Waals surface area contributed by atoms with E-state index >= 15 is 0 Å². The SMILES string of the molecule is CCC1CC(C=O)N(C(N)c2ccc(C(=O)OC)cc2)N=C1c1ccc(OC)c(OC(F)(F)F)c1. The van der Waals surface area contributed by atoms with Gasteiger partial charge in [0.05, 0.1) is 25.5 Å². The second-order valence-electron chi connectivity index (χ2n) is 7.88. The van der Waals surface area contributed by atoms with Crippen LogP contribution in [0.3, 0.4) is 0 Å². The summed E-state index contributed by atoms with van der Waals surface area (Å²) in [7, 11) is 2.52. The number of nitrogens with two attached hydrogens (primary N) is 1. The molecule has 0 radical (unpaired) electrons. The van der Waals surface area contributed by atoms with Crippen LogP contribution < -0.4 is 15.2 Å². The summed E-state index contributed by atoms with van der Waals surface area (Å²) in [5.41, 5.74) is 8.21. The lowest BCUT2D eigenvalue weighted by atomic mass is 9.87. The summed E-state index contributed by atoms with van der Waals surface area (Å²) in [6.45, 7) is 1.90. The van der Waals surface area contributed by atoms with Gasteiger partial charge < -0.3 is 24.7 Å². The number of carbonyl (C=O) groups is 2. The third-order valence-corrected chi connectivity index (χ3v) is 5.77. The standard InChI is InChI=1S/C24H26F3N3O5/c1-4-14-11-18(13-31)30(22(28)15-5-7-16(8-6-15)23(32)34-3)29-21(14)17-9-10-19(33-2)20(12-17)35-24(25,26)27/h5-10,12-14,18,22H,4,11,28H2,1-3H3. The molecule has 3 atom stereocenters. The molecule has 1 heterocycles. The largest absolute Gasteiger partial charge is 0.573 e. The Kier molecular flexibility index (Phi) is 8.00. The van der Waals surface area contributed by atoms with Crippen molar-refractivity contribution in [2.45, 2.75) is 38.3 Å². The van der Waals surface area contributed by atoms with Gasteiger partial charge in [0.25, 0.3) is 0 Å². The highest BCUT2D eigenvalue weighted by molar-refractivity contribution is 6.03. The van der Waals surface area contributed by atoms with Crippen LogP contribution in [-0.2, 0) is 9.53 Å². The summed E-state index contributed by atoms with van der Waals surface area (Å²) in [5, 5.41) is 6.05. The minimum absolute atomic E-state index is 0.0828. The predicted octanol–water partition coefficient (Wildman–Crippen LogP) is 4.04. The number of esters is 1. The fourth-order valence-corrected chi connectivity index (χ4v) is 3.96. The van der Waals surface area contributed by atoms with Gasteiger partial charge in [-0.05, 0) is 48.7 Å². The Morgan fingerprint density at radius 1 is 1.20 bits per heavy atom. The van der Waals surface area contributed by atoms with Crippen molar-refractivity contribution in [3.05, 3.63) is 59.2 Å². The quantitative estimate of drug-likeness (QED) is 0.437. The number of methoxy groups -OCH3 is 2. The lowest BCUT2D eigenvalue weighted by Gasteiger charge is -2.38. The van der Waals surface area contributed by atoms with Crippen molar-refractivity contribution in [2.75, 3.05) is 14.2 Å². The van der Waals surface area contributed by atoms with Crippen LogP contribution >= 0.6 is 0 Å². The average Bonchev–Trinajstić information content (AvgIpc) is 2.86. The lowest BCUT2D eigenvalue weighted by molar-refractivity contribution is -0.275. The van der Waals surface area contributed by atoms with Gasteiger partial charge in [-0.3, -0.25) is 5.01 Å². The number of halogens is 3. The molecular formula is C24H26F3N3O5. The maximum absolute atomic E-state index is 12.9. The molecule has 0 bridgehead atoms. The van der Waals surface area contributed by atoms with Crippen LogP contribution in [0.2, 0.25) is 0 Å². The first kappa shape index (κ1) is 26.0. The van der Waals surface area contributed by atoms with Gasteiger partial charge in [0.2, 0.25) is 0 Å². The molecule has 2 N–H and O–H groups in total. The molecule has 0 amide bonds. The molecule has 0 saturated carbocycles. The van der Waals surface area contributed by atoms with Gasteiger partial charge in [-0.25, -0.2) is 4.79 Å². The summed E-state index contributed by atoms with van der Waals surface area (Å²) in [6.07, 6.45) is -4.04. The number of rotatable bonds is 8. The first-order chi connectivity index (χ1) is 16.6. The number of alkyl halides is 3. The Labute approximate surface area is 200 Å². The van der Waals surface area contributed by atoms with E-state index < -0.39 is 30.3 Å². The molecule has 3 rings (SSSR count). The molecule has 2 aromatic carbocycles. The van der Waals surface area contributed by atoms with E-state index in [1.165, 1.54) is 31.4 Å². The van der Waals surface area contributed by atoms with Gasteiger partial charge >= 0.3 is 12.3 Å². The second kappa shape index (κ2) is 10.8. The molecule has 0 aromatic heterocycles. The number of aldehydes is 1. The van der Waals surface area contributed by atoms with Crippen molar-refractivity contribution >= 4 is 18.0 Å². The maximum atomic E-state index is 12.9. The zero-order valence-corrected chi connectivity index (χ0v) is 19.4. The molecule has 0 spiro atoms. The molecule has 188 valence electrons. The molecule has 8 nitrogen and oxygen atoms in total. The van der Waals surface area contributed by atoms with Gasteiger partial charge in [0.15, 0.2) is 11.5 Å². The highest BCUT2D eigenvalue weighted by Crippen LogP contribution is 2.36. The third-order valence-electron chi connectivity index (χ3n) is 5.77. The third kappa shape index (κ3) is 5.91. The van der Waals surface area contributed by atoms with Crippen molar-refractivity contribution in [3.63, 3.8) is 0 Å². The van der Waals surface area contributed by atoms with Crippen LogP contribution in [0.4, 0.5) is 13.2 Å². The van der Waals surface area contributed by atoms with Crippen LogP contribution in [0, 0.1) is 5.92 Å². The van der Waals surface area contributed by atoms with Crippen molar-refractivity contribution in [3.8, 4) is 11.5 Å². The van der Waals surface area contributed by atoms with Gasteiger partial charge in [-0.1, -0.05) is 19.1 Å². The van der Waals surface area contributed by atoms with Crippen LogP contribution in [-0.4, -0.2) is 49.6 Å². The number of ether oxygens (including phenoxy) is 3. The molecule has 2 aromatic rings. The van der Waals surface area contributed by atoms with Crippen LogP contribution in [0.5, 0.6) is 11.5 Å². The summed E-state index contributed by atoms with van der Waals surface area (Å²) >= 11 is 0. The summed E-state index contributed by atoms with van der Waals surface area (Å²) < 4.78 is 52.6. The molecule has 0 aliphatic carbocycles. The van der Waals surface area contributed by atoms with E-state index in [2.05, 4.69) is 9.84 Å². The molecule has 11 heteroatoms. The van der Waals surface area contributed by atoms with E-state index in [0.717, 1.165) is 6.29 Å². The monoisotopic (exact) mass is 493 g/mol. The number of nitrogens with zero attached hydrogens (tertiary/aromatic N) is 2. The maximum Gasteiger partial charge on any atom is 0.573 e. The fraction of sp³-hybridized carbons (Fsp3) is 0.375. The Morgan fingerprint density at radius 3 is 2.43 bits per heavy atom. The Hall–Kier alpha value is -3.60. The number of hydrogen-bond donors (Lipinski definition) is 1. The molecule has 3 unspecified atom stereocenters. The Balaban J connectivity index is 2.02.